The van der Waals surface area contributed by atoms with E-state index in [-0.39, 0.29) is 6.23 Å². The highest BCUT2D eigenvalue weighted by atomic mass is 16.5. The molecule has 0 amide bonds. The summed E-state index contributed by atoms with van der Waals surface area (Å²) in [5.74, 6) is 0.536. The number of hydrazine groups is 1. The molecular formula is C9H16N2O2. The molecule has 2 aliphatic heterocycles. The van der Waals surface area contributed by atoms with Crippen LogP contribution < -0.4 is 5.43 Å². The third-order valence-corrected chi connectivity index (χ3v) is 2.95. The van der Waals surface area contributed by atoms with E-state index >= 15 is 0 Å². The predicted octanol–water partition coefficient (Wildman–Crippen LogP) is 0.496. The number of ether oxygens (including phenoxy) is 1. The van der Waals surface area contributed by atoms with E-state index in [1.54, 1.807) is 0 Å². The van der Waals surface area contributed by atoms with E-state index in [1.165, 1.54) is 25.7 Å². The third kappa shape index (κ3) is 1.84. The molecule has 3 unspecified atom stereocenters. The predicted molar refractivity (Wildman–Crippen MR) is 47.6 cm³/mol. The highest BCUT2D eigenvalue weighted by Gasteiger charge is 2.34. The smallest absolute Gasteiger partial charge is 0.294 e. The first kappa shape index (κ1) is 8.97. The molecule has 2 heterocycles. The highest BCUT2D eigenvalue weighted by molar-refractivity contribution is 5.37. The van der Waals surface area contributed by atoms with Crippen LogP contribution in [-0.4, -0.2) is 30.8 Å². The fraction of sp³-hybridized carbons (Fsp3) is 0.889. The second kappa shape index (κ2) is 4.07. The summed E-state index contributed by atoms with van der Waals surface area (Å²) in [5.41, 5.74) is 3.30. The number of rotatable bonds is 2. The Labute approximate surface area is 78.2 Å². The zero-order chi connectivity index (χ0) is 9.10. The van der Waals surface area contributed by atoms with Crippen molar-refractivity contribution in [3.8, 4) is 0 Å². The van der Waals surface area contributed by atoms with E-state index in [0.717, 1.165) is 13.1 Å². The minimum Gasteiger partial charge on any atom is -0.447 e. The lowest BCUT2D eigenvalue weighted by Gasteiger charge is -2.37. The number of piperidine rings is 1. The van der Waals surface area contributed by atoms with Crippen LogP contribution in [0.3, 0.4) is 0 Å². The standard InChI is InChI=1S/C9H16N2O2/c12-7-13-9-8-3-1-5-10-11(9)6-2-4-8/h7-10H,1-6H2. The molecule has 1 N–H and O–H groups in total. The molecule has 3 atom stereocenters. The maximum Gasteiger partial charge on any atom is 0.294 e. The molecule has 2 saturated heterocycles. The van der Waals surface area contributed by atoms with Crippen LogP contribution in [0.4, 0.5) is 0 Å². The Morgan fingerprint density at radius 2 is 2.23 bits per heavy atom. The Bertz CT molecular complexity index is 172. The second-order valence-corrected chi connectivity index (χ2v) is 3.77. The van der Waals surface area contributed by atoms with Crippen LogP contribution >= 0.6 is 0 Å². The van der Waals surface area contributed by atoms with Crippen LogP contribution in [0.1, 0.15) is 25.7 Å². The topological polar surface area (TPSA) is 41.6 Å². The van der Waals surface area contributed by atoms with E-state index in [1.807, 2.05) is 0 Å². The van der Waals surface area contributed by atoms with Crippen molar-refractivity contribution in [2.75, 3.05) is 13.1 Å². The van der Waals surface area contributed by atoms with Crippen molar-refractivity contribution in [2.45, 2.75) is 31.9 Å². The zero-order valence-corrected chi connectivity index (χ0v) is 7.74. The molecule has 0 aromatic carbocycles. The van der Waals surface area contributed by atoms with Crippen LogP contribution in [0, 0.1) is 5.92 Å². The van der Waals surface area contributed by atoms with Gasteiger partial charge >= 0.3 is 0 Å². The summed E-state index contributed by atoms with van der Waals surface area (Å²) in [5, 5.41) is 2.08. The number of hydrogen-bond donors (Lipinski definition) is 1. The lowest BCUT2D eigenvalue weighted by atomic mass is 9.93. The second-order valence-electron chi connectivity index (χ2n) is 3.77. The number of carbonyl (C=O) groups excluding carboxylic acids is 1. The first-order chi connectivity index (χ1) is 6.42. The van der Waals surface area contributed by atoms with Crippen LogP contribution in [0.15, 0.2) is 0 Å². The molecule has 0 saturated carbocycles. The molecule has 2 bridgehead atoms. The van der Waals surface area contributed by atoms with Crippen molar-refractivity contribution in [3.05, 3.63) is 0 Å². The Balaban J connectivity index is 2.06. The third-order valence-electron chi connectivity index (χ3n) is 2.95. The Kier molecular flexibility index (Phi) is 2.80. The van der Waals surface area contributed by atoms with Crippen molar-refractivity contribution in [2.24, 2.45) is 5.92 Å². The molecule has 2 fully saturated rings. The molecule has 2 aliphatic rings. The molecule has 4 heteroatoms. The summed E-state index contributed by atoms with van der Waals surface area (Å²) in [6.07, 6.45) is 4.73. The lowest BCUT2D eigenvalue weighted by Crippen LogP contribution is -2.51. The van der Waals surface area contributed by atoms with Gasteiger partial charge in [-0.15, -0.1) is 0 Å². The van der Waals surface area contributed by atoms with Crippen molar-refractivity contribution in [3.63, 3.8) is 0 Å². The van der Waals surface area contributed by atoms with Gasteiger partial charge in [-0.1, -0.05) is 0 Å². The minimum atomic E-state index is -0.0197. The quantitative estimate of drug-likeness (QED) is 0.634. The molecule has 0 spiro atoms. The molecule has 74 valence electrons. The van der Waals surface area contributed by atoms with Gasteiger partial charge in [-0.3, -0.25) is 10.2 Å². The summed E-state index contributed by atoms with van der Waals surface area (Å²) in [6.45, 7) is 2.58. The average Bonchev–Trinajstić information content (AvgIpc) is 2.28. The Morgan fingerprint density at radius 1 is 1.38 bits per heavy atom. The van der Waals surface area contributed by atoms with Gasteiger partial charge in [0, 0.05) is 19.0 Å². The number of nitrogens with zero attached hydrogens (tertiary/aromatic N) is 1. The fourth-order valence-corrected chi connectivity index (χ4v) is 2.33. The van der Waals surface area contributed by atoms with E-state index in [0.29, 0.717) is 12.4 Å². The Morgan fingerprint density at radius 3 is 3.08 bits per heavy atom. The van der Waals surface area contributed by atoms with Gasteiger partial charge in [0.2, 0.25) is 0 Å². The fourth-order valence-electron chi connectivity index (χ4n) is 2.33. The molecule has 13 heavy (non-hydrogen) atoms. The summed E-state index contributed by atoms with van der Waals surface area (Å²) in [7, 11) is 0. The maximum absolute atomic E-state index is 10.3. The van der Waals surface area contributed by atoms with Crippen molar-refractivity contribution >= 4 is 6.47 Å². The van der Waals surface area contributed by atoms with Gasteiger partial charge in [-0.2, -0.15) is 0 Å². The van der Waals surface area contributed by atoms with Gasteiger partial charge in [0.15, 0.2) is 6.23 Å². The maximum atomic E-state index is 10.3. The summed E-state index contributed by atoms with van der Waals surface area (Å²) >= 11 is 0. The van der Waals surface area contributed by atoms with Crippen LogP contribution in [-0.2, 0) is 9.53 Å². The first-order valence-electron chi connectivity index (χ1n) is 5.01. The van der Waals surface area contributed by atoms with E-state index in [4.69, 9.17) is 4.74 Å². The molecule has 0 aromatic heterocycles. The summed E-state index contributed by atoms with van der Waals surface area (Å²) in [4.78, 5) is 10.3. The molecule has 4 nitrogen and oxygen atoms in total. The molecule has 2 rings (SSSR count). The van der Waals surface area contributed by atoms with Gasteiger partial charge in [0.25, 0.3) is 6.47 Å². The molecule has 0 radical (unpaired) electrons. The number of nitrogens with one attached hydrogen (secondary N) is 1. The van der Waals surface area contributed by atoms with Gasteiger partial charge in [0.05, 0.1) is 0 Å². The minimum absolute atomic E-state index is 0.0197. The summed E-state index contributed by atoms with van der Waals surface area (Å²) < 4.78 is 5.11. The van der Waals surface area contributed by atoms with E-state index in [9.17, 15) is 4.79 Å². The SMILES string of the molecule is O=COC1C2CCCNN1CCC2. The Hall–Kier alpha value is -0.610. The van der Waals surface area contributed by atoms with E-state index in [2.05, 4.69) is 10.4 Å². The lowest BCUT2D eigenvalue weighted by molar-refractivity contribution is -0.158. The van der Waals surface area contributed by atoms with E-state index < -0.39 is 0 Å². The number of carbonyl (C=O) groups is 1. The van der Waals surface area contributed by atoms with Crippen LogP contribution in [0.2, 0.25) is 0 Å². The van der Waals surface area contributed by atoms with Crippen LogP contribution in [0.25, 0.3) is 0 Å². The molecular weight excluding hydrogens is 168 g/mol. The summed E-state index contributed by atoms with van der Waals surface area (Å²) in [6, 6.07) is 0. The van der Waals surface area contributed by atoms with Crippen LogP contribution in [0.5, 0.6) is 0 Å². The van der Waals surface area contributed by atoms with Gasteiger partial charge < -0.3 is 4.74 Å². The first-order valence-corrected chi connectivity index (χ1v) is 5.01. The molecule has 0 aliphatic carbocycles. The van der Waals surface area contributed by atoms with Crippen molar-refractivity contribution < 1.29 is 9.53 Å². The monoisotopic (exact) mass is 184 g/mol. The van der Waals surface area contributed by atoms with Gasteiger partial charge in [-0.05, 0) is 25.7 Å². The zero-order valence-electron chi connectivity index (χ0n) is 7.74. The highest BCUT2D eigenvalue weighted by Crippen LogP contribution is 2.28. The normalized spacial score (nSPS) is 39.2. The largest absolute Gasteiger partial charge is 0.447 e. The van der Waals surface area contributed by atoms with Crippen molar-refractivity contribution in [1.82, 2.24) is 10.4 Å². The van der Waals surface area contributed by atoms with Gasteiger partial charge in [0.1, 0.15) is 0 Å². The number of hydrogen-bond acceptors (Lipinski definition) is 4. The molecule has 0 aromatic rings. The number of fused-ring (bicyclic) bond motifs is 2. The average molecular weight is 184 g/mol. The van der Waals surface area contributed by atoms with Crippen molar-refractivity contribution in [1.29, 1.82) is 0 Å². The van der Waals surface area contributed by atoms with Gasteiger partial charge in [-0.25, -0.2) is 5.01 Å².